The van der Waals surface area contributed by atoms with Gasteiger partial charge >= 0.3 is 37.7 Å². The van der Waals surface area contributed by atoms with Gasteiger partial charge in [0.05, 0.1) is 0 Å². The SMILES string of the molecule is O=CCCCC=O.[Ca+2].[H-].[H-]. The van der Waals surface area contributed by atoms with E-state index in [-0.39, 0.29) is 40.6 Å². The van der Waals surface area contributed by atoms with E-state index in [1.807, 2.05) is 0 Å². The molecule has 0 spiro atoms. The van der Waals surface area contributed by atoms with E-state index in [1.165, 1.54) is 0 Å². The molecule has 0 unspecified atom stereocenters. The number of aldehydes is 2. The number of rotatable bonds is 4. The van der Waals surface area contributed by atoms with Gasteiger partial charge in [-0.25, -0.2) is 0 Å². The Bertz CT molecular complexity index is 62.7. The second-order valence-corrected chi connectivity index (χ2v) is 1.26. The molecule has 0 bridgehead atoms. The van der Waals surface area contributed by atoms with Crippen molar-refractivity contribution in [3.63, 3.8) is 0 Å². The van der Waals surface area contributed by atoms with Crippen LogP contribution in [0.4, 0.5) is 0 Å². The van der Waals surface area contributed by atoms with Crippen LogP contribution in [-0.4, -0.2) is 50.3 Å². The van der Waals surface area contributed by atoms with Crippen molar-refractivity contribution in [2.24, 2.45) is 0 Å². The molecule has 0 aliphatic rings. The summed E-state index contributed by atoms with van der Waals surface area (Å²) in [5.41, 5.74) is 0. The normalized spacial score (nSPS) is 7.00. The van der Waals surface area contributed by atoms with Crippen molar-refractivity contribution in [1.82, 2.24) is 0 Å². The Balaban J connectivity index is -0.0000000600. The smallest absolute Gasteiger partial charge is 1.00 e. The summed E-state index contributed by atoms with van der Waals surface area (Å²) in [5, 5.41) is 0. The maximum absolute atomic E-state index is 9.56. The van der Waals surface area contributed by atoms with Crippen molar-refractivity contribution >= 4 is 50.3 Å². The molecule has 44 valence electrons. The number of hydrogen-bond donors (Lipinski definition) is 0. The number of hydrogen-bond acceptors (Lipinski definition) is 2. The first kappa shape index (κ1) is 11.4. The minimum atomic E-state index is 0. The topological polar surface area (TPSA) is 34.1 Å². The Morgan fingerprint density at radius 1 is 1.12 bits per heavy atom. The van der Waals surface area contributed by atoms with Crippen LogP contribution in [-0.2, 0) is 9.59 Å². The van der Waals surface area contributed by atoms with Gasteiger partial charge in [0.15, 0.2) is 0 Å². The summed E-state index contributed by atoms with van der Waals surface area (Å²) in [6.45, 7) is 0. The van der Waals surface area contributed by atoms with E-state index in [9.17, 15) is 9.59 Å². The van der Waals surface area contributed by atoms with E-state index >= 15 is 0 Å². The third kappa shape index (κ3) is 9.78. The average molecular weight is 142 g/mol. The zero-order chi connectivity index (χ0) is 5.54. The van der Waals surface area contributed by atoms with Crippen molar-refractivity contribution in [3.05, 3.63) is 0 Å². The van der Waals surface area contributed by atoms with Crippen LogP contribution in [0.25, 0.3) is 0 Å². The quantitative estimate of drug-likeness (QED) is 0.323. The first-order valence-corrected chi connectivity index (χ1v) is 2.29. The first-order chi connectivity index (χ1) is 3.41. The molecule has 0 aromatic rings. The second-order valence-electron chi connectivity index (χ2n) is 1.26. The Morgan fingerprint density at radius 2 is 1.50 bits per heavy atom. The van der Waals surface area contributed by atoms with Crippen LogP contribution in [0.1, 0.15) is 22.1 Å². The van der Waals surface area contributed by atoms with Crippen molar-refractivity contribution in [1.29, 1.82) is 0 Å². The third-order valence-corrected chi connectivity index (χ3v) is 0.644. The fraction of sp³-hybridized carbons (Fsp3) is 0.600. The van der Waals surface area contributed by atoms with E-state index in [4.69, 9.17) is 0 Å². The predicted molar refractivity (Wildman–Crippen MR) is 34.0 cm³/mol. The zero-order valence-electron chi connectivity index (χ0n) is 6.80. The molecular weight excluding hydrogens is 132 g/mol. The molecule has 8 heavy (non-hydrogen) atoms. The van der Waals surface area contributed by atoms with Crippen molar-refractivity contribution < 1.29 is 12.4 Å². The van der Waals surface area contributed by atoms with Gasteiger partial charge in [-0.3, -0.25) is 0 Å². The molecule has 0 heterocycles. The molecule has 0 aliphatic carbocycles. The predicted octanol–water partition coefficient (Wildman–Crippen LogP) is 0.399. The molecule has 0 aliphatic heterocycles. The van der Waals surface area contributed by atoms with Crippen molar-refractivity contribution in [2.75, 3.05) is 0 Å². The summed E-state index contributed by atoms with van der Waals surface area (Å²) < 4.78 is 0. The minimum absolute atomic E-state index is 0. The van der Waals surface area contributed by atoms with Crippen LogP contribution in [0.5, 0.6) is 0 Å². The maximum atomic E-state index is 9.56. The van der Waals surface area contributed by atoms with Crippen LogP contribution < -0.4 is 0 Å². The Labute approximate surface area is 81.6 Å². The molecule has 0 saturated heterocycles. The van der Waals surface area contributed by atoms with Crippen molar-refractivity contribution in [2.45, 2.75) is 19.3 Å². The number of unbranched alkanes of at least 4 members (excludes halogenated alkanes) is 2. The van der Waals surface area contributed by atoms with Gasteiger partial charge in [-0.1, -0.05) is 0 Å². The van der Waals surface area contributed by atoms with Gasteiger partial charge in [-0.15, -0.1) is 0 Å². The summed E-state index contributed by atoms with van der Waals surface area (Å²) in [6.07, 6.45) is 3.37. The molecule has 0 radical (unpaired) electrons. The largest absolute Gasteiger partial charge is 2.00 e. The molecular formula is C5H10CaO2. The summed E-state index contributed by atoms with van der Waals surface area (Å²) >= 11 is 0. The monoisotopic (exact) mass is 142 g/mol. The standard InChI is InChI=1S/C5H8O2.Ca.2H/c6-4-2-1-3-5-7;;;/h4-5H,1-3H2;;;/q;+2;2*-1. The van der Waals surface area contributed by atoms with Gasteiger partial charge in [0.25, 0.3) is 0 Å². The Hall–Kier alpha value is 0.600. The Kier molecular flexibility index (Phi) is 15.0. The molecule has 0 atom stereocenters. The minimum Gasteiger partial charge on any atom is -1.00 e. The van der Waals surface area contributed by atoms with Gasteiger partial charge in [0.2, 0.25) is 0 Å². The summed E-state index contributed by atoms with van der Waals surface area (Å²) in [5.74, 6) is 0. The van der Waals surface area contributed by atoms with E-state index in [0.29, 0.717) is 19.3 Å². The fourth-order valence-electron chi connectivity index (χ4n) is 0.285. The fourth-order valence-corrected chi connectivity index (χ4v) is 0.285. The van der Waals surface area contributed by atoms with Gasteiger partial charge in [0.1, 0.15) is 12.6 Å². The molecule has 0 N–H and O–H groups in total. The van der Waals surface area contributed by atoms with Gasteiger partial charge in [-0.2, -0.15) is 0 Å². The maximum Gasteiger partial charge on any atom is 2.00 e. The third-order valence-electron chi connectivity index (χ3n) is 0.644. The van der Waals surface area contributed by atoms with Crippen LogP contribution >= 0.6 is 0 Å². The Morgan fingerprint density at radius 3 is 1.75 bits per heavy atom. The van der Waals surface area contributed by atoms with E-state index in [0.717, 1.165) is 12.6 Å². The second kappa shape index (κ2) is 10.6. The zero-order valence-corrected chi connectivity index (χ0v) is 7.01. The van der Waals surface area contributed by atoms with Gasteiger partial charge in [0, 0.05) is 12.8 Å². The summed E-state index contributed by atoms with van der Waals surface area (Å²) in [7, 11) is 0. The van der Waals surface area contributed by atoms with E-state index < -0.39 is 0 Å². The molecule has 0 aromatic carbocycles. The number of carbonyl (C=O) groups excluding carboxylic acids is 2. The summed E-state index contributed by atoms with van der Waals surface area (Å²) in [6, 6.07) is 0. The van der Waals surface area contributed by atoms with Crippen molar-refractivity contribution in [3.8, 4) is 0 Å². The molecule has 0 amide bonds. The van der Waals surface area contributed by atoms with Crippen LogP contribution in [0.3, 0.4) is 0 Å². The number of carbonyl (C=O) groups is 2. The first-order valence-electron chi connectivity index (χ1n) is 2.29. The summed E-state index contributed by atoms with van der Waals surface area (Å²) in [4.78, 5) is 19.1. The van der Waals surface area contributed by atoms with E-state index in [1.54, 1.807) is 0 Å². The van der Waals surface area contributed by atoms with Gasteiger partial charge in [-0.05, 0) is 6.42 Å². The molecule has 3 heteroatoms. The van der Waals surface area contributed by atoms with Crippen LogP contribution in [0.15, 0.2) is 0 Å². The average Bonchev–Trinajstić information content (AvgIpc) is 1.69. The van der Waals surface area contributed by atoms with Gasteiger partial charge < -0.3 is 12.4 Å². The molecule has 0 rings (SSSR count). The van der Waals surface area contributed by atoms with Crippen LogP contribution in [0.2, 0.25) is 0 Å². The molecule has 0 saturated carbocycles. The van der Waals surface area contributed by atoms with Crippen LogP contribution in [0, 0.1) is 0 Å². The molecule has 2 nitrogen and oxygen atoms in total. The molecule has 0 fully saturated rings. The molecule has 0 aromatic heterocycles. The van der Waals surface area contributed by atoms with E-state index in [2.05, 4.69) is 0 Å².